The maximum Gasteiger partial charge on any atom is 0.267 e. The molecule has 0 aliphatic rings. The number of benzene rings is 2. The van der Waals surface area contributed by atoms with Crippen molar-refractivity contribution in [1.29, 1.82) is 0 Å². The monoisotopic (exact) mass is 381 g/mol. The van der Waals surface area contributed by atoms with Crippen molar-refractivity contribution in [3.05, 3.63) is 84.3 Å². The first-order valence-electron chi connectivity index (χ1n) is 8.45. The Bertz CT molecular complexity index is 1190. The van der Waals surface area contributed by atoms with Gasteiger partial charge in [0.2, 0.25) is 0 Å². The molecule has 0 spiro atoms. The molecule has 138 valence electrons. The number of hydrogen-bond donors (Lipinski definition) is 3. The van der Waals surface area contributed by atoms with Crippen LogP contribution in [0, 0.1) is 6.92 Å². The van der Waals surface area contributed by atoms with Crippen LogP contribution in [0.5, 0.6) is 0 Å². The van der Waals surface area contributed by atoms with E-state index in [1.165, 1.54) is 12.4 Å². The normalized spacial score (nSPS) is 13.0. The maximum atomic E-state index is 12.9. The van der Waals surface area contributed by atoms with E-state index in [-0.39, 0.29) is 4.90 Å². The zero-order chi connectivity index (χ0) is 19.0. The van der Waals surface area contributed by atoms with Crippen LogP contribution in [-0.2, 0) is 10.0 Å². The summed E-state index contributed by atoms with van der Waals surface area (Å²) in [6, 6.07) is 15.9. The van der Waals surface area contributed by atoms with E-state index in [0.29, 0.717) is 5.56 Å². The molecule has 0 aliphatic heterocycles. The molecule has 6 nitrogen and oxygen atoms in total. The number of aryl methyl sites for hydroxylation is 1. The average Bonchev–Trinajstić information content (AvgIpc) is 3.32. The molecule has 4 rings (SSSR count). The van der Waals surface area contributed by atoms with Crippen LogP contribution in [0.15, 0.2) is 78.1 Å². The van der Waals surface area contributed by atoms with E-state index < -0.39 is 16.3 Å². The fourth-order valence-corrected chi connectivity index (χ4v) is 4.15. The van der Waals surface area contributed by atoms with Gasteiger partial charge in [0.1, 0.15) is 0 Å². The number of aliphatic hydroxyl groups excluding tert-OH is 1. The largest absolute Gasteiger partial charge is 0.369 e. The van der Waals surface area contributed by atoms with Crippen molar-refractivity contribution in [3.63, 3.8) is 0 Å². The molecule has 0 fully saturated rings. The highest BCUT2D eigenvalue weighted by Crippen LogP contribution is 2.23. The van der Waals surface area contributed by atoms with Crippen molar-refractivity contribution < 1.29 is 13.5 Å². The number of rotatable bonds is 5. The third kappa shape index (κ3) is 3.34. The van der Waals surface area contributed by atoms with Gasteiger partial charge >= 0.3 is 0 Å². The van der Waals surface area contributed by atoms with E-state index >= 15 is 0 Å². The standard InChI is InChI=1S/C20H19N3O3S/c1-14-2-4-17(5-3-14)22-20(24)16-9-11-23(13-16)27(25,26)18-6-7-19-15(12-18)8-10-21-19/h2-13,20-22,24H,1H3. The number of anilines is 1. The molecule has 0 radical (unpaired) electrons. The van der Waals surface area contributed by atoms with Crippen molar-refractivity contribution in [3.8, 4) is 0 Å². The number of nitrogens with one attached hydrogen (secondary N) is 2. The Hall–Kier alpha value is -3.03. The summed E-state index contributed by atoms with van der Waals surface area (Å²) in [7, 11) is -3.74. The lowest BCUT2D eigenvalue weighted by molar-refractivity contribution is 0.208. The Balaban J connectivity index is 1.59. The SMILES string of the molecule is Cc1ccc(NC(O)c2ccn(S(=O)(=O)c3ccc4[nH]ccc4c3)c2)cc1. The molecule has 3 N–H and O–H groups in total. The van der Waals surface area contributed by atoms with Gasteiger partial charge in [0.25, 0.3) is 10.0 Å². The zero-order valence-corrected chi connectivity index (χ0v) is 15.4. The van der Waals surface area contributed by atoms with Gasteiger partial charge in [-0.3, -0.25) is 0 Å². The van der Waals surface area contributed by atoms with Crippen LogP contribution in [0.4, 0.5) is 5.69 Å². The lowest BCUT2D eigenvalue weighted by Crippen LogP contribution is -2.12. The van der Waals surface area contributed by atoms with Crippen LogP contribution >= 0.6 is 0 Å². The number of aromatic nitrogens is 2. The van der Waals surface area contributed by atoms with E-state index in [1.54, 1.807) is 30.5 Å². The van der Waals surface area contributed by atoms with E-state index in [4.69, 9.17) is 0 Å². The average molecular weight is 381 g/mol. The predicted molar refractivity (Wildman–Crippen MR) is 105 cm³/mol. The van der Waals surface area contributed by atoms with Crippen LogP contribution < -0.4 is 5.32 Å². The van der Waals surface area contributed by atoms with Crippen LogP contribution in [0.25, 0.3) is 10.9 Å². The second kappa shape index (κ2) is 6.61. The first-order valence-corrected chi connectivity index (χ1v) is 9.89. The molecular weight excluding hydrogens is 362 g/mol. The van der Waals surface area contributed by atoms with Crippen molar-refractivity contribution in [1.82, 2.24) is 8.96 Å². The minimum absolute atomic E-state index is 0.192. The molecule has 1 unspecified atom stereocenters. The lowest BCUT2D eigenvalue weighted by Gasteiger charge is -2.13. The van der Waals surface area contributed by atoms with Crippen LogP contribution in [-0.4, -0.2) is 22.5 Å². The van der Waals surface area contributed by atoms with Gasteiger partial charge in [-0.05, 0) is 49.4 Å². The topological polar surface area (TPSA) is 87.1 Å². The molecular formula is C20H19N3O3S. The fraction of sp³-hybridized carbons (Fsp3) is 0.100. The number of aromatic amines is 1. The van der Waals surface area contributed by atoms with Crippen molar-refractivity contribution in [2.24, 2.45) is 0 Å². The molecule has 0 amide bonds. The van der Waals surface area contributed by atoms with E-state index in [2.05, 4.69) is 10.3 Å². The lowest BCUT2D eigenvalue weighted by atomic mass is 10.2. The Morgan fingerprint density at radius 2 is 1.85 bits per heavy atom. The van der Waals surface area contributed by atoms with E-state index in [0.717, 1.165) is 26.1 Å². The van der Waals surface area contributed by atoms with Gasteiger partial charge in [-0.25, -0.2) is 12.4 Å². The molecule has 1 atom stereocenters. The van der Waals surface area contributed by atoms with E-state index in [1.807, 2.05) is 37.3 Å². The second-order valence-corrected chi connectivity index (χ2v) is 8.26. The van der Waals surface area contributed by atoms with Crippen LogP contribution in [0.2, 0.25) is 0 Å². The first-order chi connectivity index (χ1) is 12.9. The molecule has 2 aromatic heterocycles. The molecule has 0 saturated carbocycles. The van der Waals surface area contributed by atoms with Crippen molar-refractivity contribution >= 4 is 26.6 Å². The Kier molecular flexibility index (Phi) is 4.25. The van der Waals surface area contributed by atoms with Gasteiger partial charge in [0.05, 0.1) is 4.90 Å². The summed E-state index contributed by atoms with van der Waals surface area (Å²) in [5.41, 5.74) is 3.20. The number of H-pyrrole nitrogens is 1. The number of nitrogens with zero attached hydrogens (tertiary/aromatic N) is 1. The summed E-state index contributed by atoms with van der Waals surface area (Å²) in [4.78, 5) is 3.23. The number of fused-ring (bicyclic) bond motifs is 1. The van der Waals surface area contributed by atoms with Crippen molar-refractivity contribution in [2.75, 3.05) is 5.32 Å². The smallest absolute Gasteiger partial charge is 0.267 e. The molecule has 0 aliphatic carbocycles. The number of aliphatic hydroxyl groups is 1. The van der Waals surface area contributed by atoms with E-state index in [9.17, 15) is 13.5 Å². The Labute approximate surface area is 157 Å². The molecule has 2 aromatic carbocycles. The quantitative estimate of drug-likeness (QED) is 0.461. The summed E-state index contributed by atoms with van der Waals surface area (Å²) in [6.07, 6.45) is 3.60. The molecule has 0 saturated heterocycles. The zero-order valence-electron chi connectivity index (χ0n) is 14.6. The van der Waals surface area contributed by atoms with Gasteiger partial charge in [-0.1, -0.05) is 17.7 Å². The molecule has 27 heavy (non-hydrogen) atoms. The molecule has 2 heterocycles. The maximum absolute atomic E-state index is 12.9. The summed E-state index contributed by atoms with van der Waals surface area (Å²) in [5, 5.41) is 14.2. The summed E-state index contributed by atoms with van der Waals surface area (Å²) in [6.45, 7) is 1.98. The summed E-state index contributed by atoms with van der Waals surface area (Å²) >= 11 is 0. The first kappa shape index (κ1) is 17.4. The van der Waals surface area contributed by atoms with Gasteiger partial charge in [0, 0.05) is 40.7 Å². The Morgan fingerprint density at radius 3 is 2.63 bits per heavy atom. The van der Waals surface area contributed by atoms with Crippen LogP contribution in [0.3, 0.4) is 0 Å². The minimum atomic E-state index is -3.74. The molecule has 4 aromatic rings. The van der Waals surface area contributed by atoms with Gasteiger partial charge in [-0.15, -0.1) is 0 Å². The molecule has 7 heteroatoms. The Morgan fingerprint density at radius 1 is 1.07 bits per heavy atom. The fourth-order valence-electron chi connectivity index (χ4n) is 2.91. The second-order valence-electron chi connectivity index (χ2n) is 6.42. The van der Waals surface area contributed by atoms with Gasteiger partial charge < -0.3 is 15.4 Å². The van der Waals surface area contributed by atoms with Crippen LogP contribution in [0.1, 0.15) is 17.4 Å². The van der Waals surface area contributed by atoms with Gasteiger partial charge in [-0.2, -0.15) is 0 Å². The predicted octanol–water partition coefficient (Wildman–Crippen LogP) is 3.62. The van der Waals surface area contributed by atoms with Gasteiger partial charge in [0.15, 0.2) is 6.23 Å². The highest BCUT2D eigenvalue weighted by Gasteiger charge is 2.19. The highest BCUT2D eigenvalue weighted by molar-refractivity contribution is 7.90. The minimum Gasteiger partial charge on any atom is -0.369 e. The summed E-state index contributed by atoms with van der Waals surface area (Å²) in [5.74, 6) is 0. The third-order valence-electron chi connectivity index (χ3n) is 4.46. The summed E-state index contributed by atoms with van der Waals surface area (Å²) < 4.78 is 26.9. The number of hydrogen-bond acceptors (Lipinski definition) is 4. The highest BCUT2D eigenvalue weighted by atomic mass is 32.2. The molecule has 0 bridgehead atoms. The van der Waals surface area contributed by atoms with Crippen molar-refractivity contribution in [2.45, 2.75) is 18.0 Å². The third-order valence-corrected chi connectivity index (χ3v) is 6.09.